The van der Waals surface area contributed by atoms with Gasteiger partial charge in [0.15, 0.2) is 0 Å². The highest BCUT2D eigenvalue weighted by Crippen LogP contribution is 2.09. The number of ether oxygens (including phenoxy) is 1. The smallest absolute Gasteiger partial charge is 0.407 e. The maximum atomic E-state index is 11.4. The second kappa shape index (κ2) is 5.89. The fraction of sp³-hybridized carbons (Fsp3) is 0.750. The Morgan fingerprint density at radius 1 is 1.50 bits per heavy atom. The third kappa shape index (κ3) is 7.29. The molecule has 0 aliphatic rings. The zero-order chi connectivity index (χ0) is 12.9. The highest BCUT2D eigenvalue weighted by Gasteiger charge is 2.21. The summed E-state index contributed by atoms with van der Waals surface area (Å²) in [5.41, 5.74) is 0.355. The zero-order valence-corrected chi connectivity index (χ0v) is 10.8. The van der Waals surface area contributed by atoms with Crippen LogP contribution in [0.3, 0.4) is 0 Å². The Hall–Kier alpha value is -1.03. The summed E-state index contributed by atoms with van der Waals surface area (Å²) in [5.74, 6) is 0. The van der Waals surface area contributed by atoms with Gasteiger partial charge in [-0.3, -0.25) is 0 Å². The molecule has 0 bridgehead atoms. The van der Waals surface area contributed by atoms with Gasteiger partial charge in [0.05, 0.1) is 12.1 Å². The highest BCUT2D eigenvalue weighted by molar-refractivity contribution is 5.68. The molecule has 0 aromatic rings. The Kier molecular flexibility index (Phi) is 5.51. The fourth-order valence-electron chi connectivity index (χ4n) is 1.12. The molecule has 0 aromatic heterocycles. The lowest BCUT2D eigenvalue weighted by Gasteiger charge is -2.24. The molecule has 0 aliphatic carbocycles. The topological polar surface area (TPSA) is 58.6 Å². The largest absolute Gasteiger partial charge is 0.444 e. The van der Waals surface area contributed by atoms with Crippen molar-refractivity contribution in [1.82, 2.24) is 5.32 Å². The van der Waals surface area contributed by atoms with Crippen LogP contribution in [0.2, 0.25) is 0 Å². The first kappa shape index (κ1) is 15.0. The highest BCUT2D eigenvalue weighted by atomic mass is 16.6. The SMILES string of the molecule is C=C(C)CC(O)[C@H](C)NC(=O)OC(C)(C)C. The number of aliphatic hydroxyl groups is 1. The number of alkyl carbamates (subject to hydrolysis) is 1. The average Bonchev–Trinajstić information content (AvgIpc) is 1.98. The van der Waals surface area contributed by atoms with Gasteiger partial charge in [-0.1, -0.05) is 5.57 Å². The van der Waals surface area contributed by atoms with Crippen molar-refractivity contribution in [2.75, 3.05) is 0 Å². The quantitative estimate of drug-likeness (QED) is 0.727. The monoisotopic (exact) mass is 229 g/mol. The van der Waals surface area contributed by atoms with Crippen LogP contribution in [-0.4, -0.2) is 28.9 Å². The van der Waals surface area contributed by atoms with Crippen molar-refractivity contribution < 1.29 is 14.6 Å². The molecule has 16 heavy (non-hydrogen) atoms. The summed E-state index contributed by atoms with van der Waals surface area (Å²) in [6.07, 6.45) is -0.678. The minimum atomic E-state index is -0.634. The number of carbonyl (C=O) groups excluding carboxylic acids is 1. The number of aliphatic hydroxyl groups excluding tert-OH is 1. The van der Waals surface area contributed by atoms with Gasteiger partial charge < -0.3 is 15.2 Å². The summed E-state index contributed by atoms with van der Waals surface area (Å²) >= 11 is 0. The lowest BCUT2D eigenvalue weighted by molar-refractivity contribution is 0.0436. The van der Waals surface area contributed by atoms with Gasteiger partial charge in [0.2, 0.25) is 0 Å². The van der Waals surface area contributed by atoms with Gasteiger partial charge in [-0.15, -0.1) is 6.58 Å². The lowest BCUT2D eigenvalue weighted by Crippen LogP contribution is -2.43. The molecule has 4 nitrogen and oxygen atoms in total. The van der Waals surface area contributed by atoms with E-state index in [0.717, 1.165) is 5.57 Å². The first-order valence-corrected chi connectivity index (χ1v) is 5.44. The van der Waals surface area contributed by atoms with E-state index in [1.54, 1.807) is 27.7 Å². The van der Waals surface area contributed by atoms with E-state index in [0.29, 0.717) is 6.42 Å². The van der Waals surface area contributed by atoms with Crippen molar-refractivity contribution in [3.8, 4) is 0 Å². The van der Waals surface area contributed by atoms with Crippen LogP contribution in [0.4, 0.5) is 4.79 Å². The van der Waals surface area contributed by atoms with Crippen molar-refractivity contribution in [3.63, 3.8) is 0 Å². The molecule has 0 saturated carbocycles. The number of hydrogen-bond acceptors (Lipinski definition) is 3. The van der Waals surface area contributed by atoms with E-state index in [4.69, 9.17) is 4.74 Å². The molecule has 0 saturated heterocycles. The van der Waals surface area contributed by atoms with Crippen LogP contribution in [0.15, 0.2) is 12.2 Å². The summed E-state index contributed by atoms with van der Waals surface area (Å²) in [6.45, 7) is 12.7. The fourth-order valence-corrected chi connectivity index (χ4v) is 1.12. The van der Waals surface area contributed by atoms with Gasteiger partial charge in [-0.2, -0.15) is 0 Å². The molecule has 4 heteroatoms. The van der Waals surface area contributed by atoms with Crippen LogP contribution < -0.4 is 5.32 Å². The number of nitrogens with one attached hydrogen (secondary N) is 1. The van der Waals surface area contributed by atoms with Crippen LogP contribution in [-0.2, 0) is 4.74 Å². The van der Waals surface area contributed by atoms with E-state index in [1.165, 1.54) is 0 Å². The van der Waals surface area contributed by atoms with Crippen LogP contribution in [0.25, 0.3) is 0 Å². The first-order valence-electron chi connectivity index (χ1n) is 5.44. The molecule has 0 aromatic carbocycles. The molecule has 0 aliphatic heterocycles. The van der Waals surface area contributed by atoms with Crippen LogP contribution in [0.1, 0.15) is 41.0 Å². The first-order chi connectivity index (χ1) is 7.11. The van der Waals surface area contributed by atoms with Crippen molar-refractivity contribution >= 4 is 6.09 Å². The summed E-state index contributed by atoms with van der Waals surface area (Å²) in [5, 5.41) is 12.3. The second-order valence-electron chi connectivity index (χ2n) is 5.16. The Labute approximate surface area is 97.7 Å². The van der Waals surface area contributed by atoms with E-state index in [-0.39, 0.29) is 6.04 Å². The predicted molar refractivity (Wildman–Crippen MR) is 64.3 cm³/mol. The van der Waals surface area contributed by atoms with E-state index in [1.807, 2.05) is 6.92 Å². The summed E-state index contributed by atoms with van der Waals surface area (Å²) in [4.78, 5) is 11.4. The minimum Gasteiger partial charge on any atom is -0.444 e. The standard InChI is InChI=1S/C12H23NO3/c1-8(2)7-10(14)9(3)13-11(15)16-12(4,5)6/h9-10,14H,1,7H2,2-6H3,(H,13,15)/t9-,10?/m0/s1. The van der Waals surface area contributed by atoms with Crippen LogP contribution >= 0.6 is 0 Å². The summed E-state index contributed by atoms with van der Waals surface area (Å²) in [7, 11) is 0. The van der Waals surface area contributed by atoms with Crippen molar-refractivity contribution in [2.24, 2.45) is 0 Å². The molecule has 1 unspecified atom stereocenters. The average molecular weight is 229 g/mol. The third-order valence-electron chi connectivity index (χ3n) is 1.88. The number of hydrogen-bond donors (Lipinski definition) is 2. The molecule has 0 rings (SSSR count). The minimum absolute atomic E-state index is 0.355. The van der Waals surface area contributed by atoms with Crippen LogP contribution in [0.5, 0.6) is 0 Å². The Balaban J connectivity index is 4.09. The molecule has 94 valence electrons. The van der Waals surface area contributed by atoms with Crippen molar-refractivity contribution in [3.05, 3.63) is 12.2 Å². The van der Waals surface area contributed by atoms with Gasteiger partial charge in [-0.05, 0) is 41.0 Å². The van der Waals surface area contributed by atoms with Gasteiger partial charge >= 0.3 is 6.09 Å². The number of rotatable bonds is 4. The molecular weight excluding hydrogens is 206 g/mol. The molecule has 0 fully saturated rings. The molecular formula is C12H23NO3. The van der Waals surface area contributed by atoms with Gasteiger partial charge in [-0.25, -0.2) is 4.79 Å². The maximum absolute atomic E-state index is 11.4. The normalized spacial score (nSPS) is 15.1. The molecule has 0 spiro atoms. The number of amides is 1. The predicted octanol–water partition coefficient (Wildman–Crippen LogP) is 2.23. The number of carbonyl (C=O) groups is 1. The molecule has 2 N–H and O–H groups in total. The third-order valence-corrected chi connectivity index (χ3v) is 1.88. The Bertz CT molecular complexity index is 255. The van der Waals surface area contributed by atoms with E-state index in [9.17, 15) is 9.90 Å². The van der Waals surface area contributed by atoms with Crippen molar-refractivity contribution in [2.45, 2.75) is 58.8 Å². The molecule has 1 amide bonds. The summed E-state index contributed by atoms with van der Waals surface area (Å²) < 4.78 is 5.08. The Morgan fingerprint density at radius 2 is 2.00 bits per heavy atom. The molecule has 0 radical (unpaired) electrons. The van der Waals surface area contributed by atoms with Gasteiger partial charge in [0, 0.05) is 0 Å². The van der Waals surface area contributed by atoms with E-state index < -0.39 is 17.8 Å². The van der Waals surface area contributed by atoms with E-state index in [2.05, 4.69) is 11.9 Å². The lowest BCUT2D eigenvalue weighted by atomic mass is 10.1. The molecule has 0 heterocycles. The maximum Gasteiger partial charge on any atom is 0.407 e. The molecule has 2 atom stereocenters. The summed E-state index contributed by atoms with van der Waals surface area (Å²) in [6, 6.07) is -0.355. The Morgan fingerprint density at radius 3 is 2.38 bits per heavy atom. The van der Waals surface area contributed by atoms with Crippen LogP contribution in [0, 0.1) is 0 Å². The van der Waals surface area contributed by atoms with Crippen molar-refractivity contribution in [1.29, 1.82) is 0 Å². The second-order valence-corrected chi connectivity index (χ2v) is 5.16. The van der Waals surface area contributed by atoms with Gasteiger partial charge in [0.25, 0.3) is 0 Å². The van der Waals surface area contributed by atoms with Gasteiger partial charge in [0.1, 0.15) is 5.60 Å². The van der Waals surface area contributed by atoms with E-state index >= 15 is 0 Å². The zero-order valence-electron chi connectivity index (χ0n) is 10.8.